The Balaban J connectivity index is 1.97. The van der Waals surface area contributed by atoms with Gasteiger partial charge in [-0.2, -0.15) is 5.10 Å². The second-order valence-corrected chi connectivity index (χ2v) is 5.01. The lowest BCUT2D eigenvalue weighted by atomic mass is 10.2. The highest BCUT2D eigenvalue weighted by Gasteiger charge is 2.00. The number of aromatic nitrogens is 3. The third-order valence-electron chi connectivity index (χ3n) is 2.64. The van der Waals surface area contributed by atoms with Gasteiger partial charge in [0.05, 0.1) is 6.20 Å². The molecule has 0 radical (unpaired) electrons. The van der Waals surface area contributed by atoms with Gasteiger partial charge in [-0.1, -0.05) is 19.9 Å². The molecule has 0 aromatic carbocycles. The number of nitrogens with one attached hydrogen (secondary N) is 1. The van der Waals surface area contributed by atoms with Crippen LogP contribution >= 0.6 is 0 Å². The Labute approximate surface area is 108 Å². The van der Waals surface area contributed by atoms with Crippen molar-refractivity contribution >= 4 is 0 Å². The molecule has 0 amide bonds. The van der Waals surface area contributed by atoms with Crippen LogP contribution in [0.2, 0.25) is 0 Å². The highest BCUT2D eigenvalue weighted by molar-refractivity contribution is 5.25. The summed E-state index contributed by atoms with van der Waals surface area (Å²) in [4.78, 5) is 4.42. The van der Waals surface area contributed by atoms with E-state index in [0.717, 1.165) is 24.5 Å². The molecule has 0 spiro atoms. The van der Waals surface area contributed by atoms with Crippen molar-refractivity contribution in [3.63, 3.8) is 0 Å². The predicted octanol–water partition coefficient (Wildman–Crippen LogP) is 2.32. The molecule has 0 unspecified atom stereocenters. The van der Waals surface area contributed by atoms with Gasteiger partial charge in [-0.05, 0) is 36.6 Å². The maximum atomic E-state index is 4.42. The summed E-state index contributed by atoms with van der Waals surface area (Å²) >= 11 is 0. The number of nitrogens with zero attached hydrogens (tertiary/aromatic N) is 3. The zero-order valence-electron chi connectivity index (χ0n) is 11.2. The Hall–Kier alpha value is -1.68. The largest absolute Gasteiger partial charge is 0.312 e. The Kier molecular flexibility index (Phi) is 4.10. The fourth-order valence-electron chi connectivity index (χ4n) is 1.70. The molecule has 2 rings (SSSR count). The van der Waals surface area contributed by atoms with E-state index in [4.69, 9.17) is 0 Å². The van der Waals surface area contributed by atoms with Gasteiger partial charge in [-0.3, -0.25) is 0 Å². The molecule has 0 bridgehead atoms. The summed E-state index contributed by atoms with van der Waals surface area (Å²) < 4.78 is 1.79. The van der Waals surface area contributed by atoms with E-state index in [1.165, 1.54) is 5.56 Å². The Morgan fingerprint density at radius 2 is 2.11 bits per heavy atom. The summed E-state index contributed by atoms with van der Waals surface area (Å²) in [5, 5.41) is 7.64. The number of hydrogen-bond acceptors (Lipinski definition) is 3. The van der Waals surface area contributed by atoms with Gasteiger partial charge in [-0.15, -0.1) is 0 Å². The summed E-state index contributed by atoms with van der Waals surface area (Å²) in [5.74, 6) is 1.53. The van der Waals surface area contributed by atoms with Crippen molar-refractivity contribution in [1.29, 1.82) is 0 Å². The van der Waals surface area contributed by atoms with Gasteiger partial charge in [0.25, 0.3) is 0 Å². The summed E-state index contributed by atoms with van der Waals surface area (Å²) in [5.41, 5.74) is 2.34. The zero-order valence-corrected chi connectivity index (χ0v) is 11.2. The van der Waals surface area contributed by atoms with Crippen LogP contribution in [0.15, 0.2) is 30.7 Å². The zero-order chi connectivity index (χ0) is 13.0. The van der Waals surface area contributed by atoms with Crippen LogP contribution in [-0.2, 0) is 6.54 Å². The van der Waals surface area contributed by atoms with Gasteiger partial charge in [-0.25, -0.2) is 9.67 Å². The smallest absolute Gasteiger partial charge is 0.153 e. The summed E-state index contributed by atoms with van der Waals surface area (Å²) in [6.45, 7) is 8.32. The first-order valence-corrected chi connectivity index (χ1v) is 6.32. The van der Waals surface area contributed by atoms with E-state index in [1.54, 1.807) is 4.68 Å². The lowest BCUT2D eigenvalue weighted by Gasteiger charge is -2.07. The molecule has 0 aliphatic rings. The minimum atomic E-state index is 0.671. The van der Waals surface area contributed by atoms with Crippen molar-refractivity contribution in [2.75, 3.05) is 6.54 Å². The van der Waals surface area contributed by atoms with E-state index >= 15 is 0 Å². The summed E-state index contributed by atoms with van der Waals surface area (Å²) in [6, 6.07) is 4.09. The molecular formula is C14H20N4. The average Bonchev–Trinajstić information content (AvgIpc) is 2.76. The number of pyridine rings is 1. The molecule has 96 valence electrons. The van der Waals surface area contributed by atoms with Crippen molar-refractivity contribution in [3.8, 4) is 5.82 Å². The predicted molar refractivity (Wildman–Crippen MR) is 72.6 cm³/mol. The van der Waals surface area contributed by atoms with Crippen molar-refractivity contribution < 1.29 is 0 Å². The SMILES string of the molecule is Cc1cnn(-c2ccc(CNCC(C)C)cn2)c1. The molecule has 0 aliphatic carbocycles. The topological polar surface area (TPSA) is 42.7 Å². The molecule has 18 heavy (non-hydrogen) atoms. The first kappa shape index (κ1) is 12.8. The third kappa shape index (κ3) is 3.40. The van der Waals surface area contributed by atoms with Crippen LogP contribution in [0.25, 0.3) is 5.82 Å². The van der Waals surface area contributed by atoms with Crippen molar-refractivity contribution in [3.05, 3.63) is 41.9 Å². The highest BCUT2D eigenvalue weighted by atomic mass is 15.3. The Morgan fingerprint density at radius 3 is 2.67 bits per heavy atom. The fraction of sp³-hybridized carbons (Fsp3) is 0.429. The average molecular weight is 244 g/mol. The quantitative estimate of drug-likeness (QED) is 0.877. The lowest BCUT2D eigenvalue weighted by molar-refractivity contribution is 0.552. The molecule has 2 aromatic rings. The second kappa shape index (κ2) is 5.78. The van der Waals surface area contributed by atoms with Gasteiger partial charge in [0.1, 0.15) is 0 Å². The fourth-order valence-corrected chi connectivity index (χ4v) is 1.70. The number of hydrogen-bond donors (Lipinski definition) is 1. The molecule has 4 nitrogen and oxygen atoms in total. The first-order chi connectivity index (χ1) is 8.65. The van der Waals surface area contributed by atoms with E-state index in [-0.39, 0.29) is 0 Å². The molecule has 2 aromatic heterocycles. The monoisotopic (exact) mass is 244 g/mol. The van der Waals surface area contributed by atoms with E-state index in [2.05, 4.69) is 35.3 Å². The van der Waals surface area contributed by atoms with Crippen LogP contribution in [0.4, 0.5) is 0 Å². The molecule has 0 saturated carbocycles. The second-order valence-electron chi connectivity index (χ2n) is 5.01. The van der Waals surface area contributed by atoms with Gasteiger partial charge in [0, 0.05) is 18.9 Å². The van der Waals surface area contributed by atoms with Gasteiger partial charge in [0.15, 0.2) is 5.82 Å². The first-order valence-electron chi connectivity index (χ1n) is 6.32. The van der Waals surface area contributed by atoms with E-state index in [9.17, 15) is 0 Å². The standard InChI is InChI=1S/C14H20N4/c1-11(2)6-15-8-13-4-5-14(16-9-13)18-10-12(3)7-17-18/h4-5,7,9-11,15H,6,8H2,1-3H3. The Morgan fingerprint density at radius 1 is 1.28 bits per heavy atom. The van der Waals surface area contributed by atoms with Gasteiger partial charge in [0.2, 0.25) is 0 Å². The minimum Gasteiger partial charge on any atom is -0.312 e. The number of rotatable bonds is 5. The maximum absolute atomic E-state index is 4.42. The van der Waals surface area contributed by atoms with Crippen molar-refractivity contribution in [1.82, 2.24) is 20.1 Å². The van der Waals surface area contributed by atoms with Crippen molar-refractivity contribution in [2.45, 2.75) is 27.3 Å². The van der Waals surface area contributed by atoms with Gasteiger partial charge < -0.3 is 5.32 Å². The van der Waals surface area contributed by atoms with Crippen LogP contribution in [0.3, 0.4) is 0 Å². The molecule has 0 aliphatic heterocycles. The van der Waals surface area contributed by atoms with Crippen LogP contribution < -0.4 is 5.32 Å². The van der Waals surface area contributed by atoms with Crippen LogP contribution in [0.5, 0.6) is 0 Å². The van der Waals surface area contributed by atoms with E-state index in [0.29, 0.717) is 5.92 Å². The molecule has 0 atom stereocenters. The highest BCUT2D eigenvalue weighted by Crippen LogP contribution is 2.06. The normalized spacial score (nSPS) is 11.1. The van der Waals surface area contributed by atoms with Gasteiger partial charge >= 0.3 is 0 Å². The van der Waals surface area contributed by atoms with Crippen LogP contribution in [0.1, 0.15) is 25.0 Å². The lowest BCUT2D eigenvalue weighted by Crippen LogP contribution is -2.19. The van der Waals surface area contributed by atoms with E-state index in [1.807, 2.05) is 31.6 Å². The molecule has 0 saturated heterocycles. The molecule has 2 heterocycles. The van der Waals surface area contributed by atoms with E-state index < -0.39 is 0 Å². The minimum absolute atomic E-state index is 0.671. The van der Waals surface area contributed by atoms with Crippen LogP contribution in [0, 0.1) is 12.8 Å². The molecule has 1 N–H and O–H groups in total. The molecule has 0 fully saturated rings. The molecule has 4 heteroatoms. The third-order valence-corrected chi connectivity index (χ3v) is 2.64. The van der Waals surface area contributed by atoms with Crippen LogP contribution in [-0.4, -0.2) is 21.3 Å². The summed E-state index contributed by atoms with van der Waals surface area (Å²) in [7, 11) is 0. The summed E-state index contributed by atoms with van der Waals surface area (Å²) in [6.07, 6.45) is 5.71. The number of aryl methyl sites for hydroxylation is 1. The molecular weight excluding hydrogens is 224 g/mol. The maximum Gasteiger partial charge on any atom is 0.153 e. The van der Waals surface area contributed by atoms with Crippen molar-refractivity contribution in [2.24, 2.45) is 5.92 Å². The Bertz CT molecular complexity index is 485.